The van der Waals surface area contributed by atoms with Gasteiger partial charge in [0.15, 0.2) is 0 Å². The van der Waals surface area contributed by atoms with E-state index in [2.05, 4.69) is 169 Å². The SMILES string of the molecule is CC1(C)c2ccccc2-n2c3c(c4cc(-n5c6ccc(-c7ccccc7)cc6c6cc(-c7ccccc7)ccc65)cc1c42)CCC=C3. The molecule has 1 aliphatic carbocycles. The van der Waals surface area contributed by atoms with Crippen molar-refractivity contribution in [2.75, 3.05) is 0 Å². The third kappa shape index (κ3) is 3.73. The van der Waals surface area contributed by atoms with E-state index >= 15 is 0 Å². The van der Waals surface area contributed by atoms with Gasteiger partial charge in [0.2, 0.25) is 0 Å². The van der Waals surface area contributed by atoms with Crippen LogP contribution in [-0.2, 0) is 11.8 Å². The smallest absolute Gasteiger partial charge is 0.0580 e. The van der Waals surface area contributed by atoms with Crippen molar-refractivity contribution in [1.29, 1.82) is 0 Å². The van der Waals surface area contributed by atoms with Crippen LogP contribution in [0.25, 0.3) is 72.4 Å². The van der Waals surface area contributed by atoms with Gasteiger partial charge in [0, 0.05) is 33.0 Å². The largest absolute Gasteiger partial charge is 0.309 e. The van der Waals surface area contributed by atoms with E-state index in [1.165, 1.54) is 88.7 Å². The number of hydrogen-bond donors (Lipinski definition) is 0. The van der Waals surface area contributed by atoms with E-state index in [0.717, 1.165) is 12.8 Å². The molecule has 2 nitrogen and oxygen atoms in total. The Hall–Kier alpha value is -5.60. The van der Waals surface area contributed by atoms with Crippen molar-refractivity contribution in [1.82, 2.24) is 9.13 Å². The van der Waals surface area contributed by atoms with Crippen LogP contribution < -0.4 is 0 Å². The van der Waals surface area contributed by atoms with Crippen LogP contribution in [0.5, 0.6) is 0 Å². The Labute approximate surface area is 274 Å². The van der Waals surface area contributed by atoms with Gasteiger partial charge in [-0.1, -0.05) is 111 Å². The summed E-state index contributed by atoms with van der Waals surface area (Å²) in [6.07, 6.45) is 6.84. The normalized spacial score (nSPS) is 14.5. The first kappa shape index (κ1) is 26.6. The zero-order valence-electron chi connectivity index (χ0n) is 26.7. The number of allylic oxidation sites excluding steroid dienone is 1. The van der Waals surface area contributed by atoms with E-state index in [-0.39, 0.29) is 5.41 Å². The quantitative estimate of drug-likeness (QED) is 0.190. The van der Waals surface area contributed by atoms with E-state index < -0.39 is 0 Å². The monoisotopic (exact) mass is 602 g/mol. The molecule has 2 aromatic heterocycles. The van der Waals surface area contributed by atoms with Crippen molar-refractivity contribution < 1.29 is 0 Å². The van der Waals surface area contributed by atoms with Crippen LogP contribution in [-0.4, -0.2) is 9.13 Å². The first-order valence-corrected chi connectivity index (χ1v) is 16.8. The molecule has 0 N–H and O–H groups in total. The Kier molecular flexibility index (Phi) is 5.49. The minimum absolute atomic E-state index is 0.148. The fraction of sp³-hybridized carbons (Fsp3) is 0.111. The Balaban J connectivity index is 1.30. The lowest BCUT2D eigenvalue weighted by molar-refractivity contribution is 0.627. The van der Waals surface area contributed by atoms with Crippen molar-refractivity contribution in [3.05, 3.63) is 162 Å². The van der Waals surface area contributed by atoms with Crippen LogP contribution >= 0.6 is 0 Å². The van der Waals surface area contributed by atoms with Crippen molar-refractivity contribution >= 4 is 38.8 Å². The molecule has 0 saturated heterocycles. The summed E-state index contributed by atoms with van der Waals surface area (Å²) in [5.74, 6) is 0. The molecule has 0 unspecified atom stereocenters. The second-order valence-electron chi connectivity index (χ2n) is 13.7. The summed E-state index contributed by atoms with van der Waals surface area (Å²) in [5, 5.41) is 3.94. The van der Waals surface area contributed by atoms with Crippen molar-refractivity contribution in [3.63, 3.8) is 0 Å². The molecule has 2 heteroatoms. The highest BCUT2D eigenvalue weighted by Crippen LogP contribution is 2.49. The van der Waals surface area contributed by atoms with Gasteiger partial charge in [-0.25, -0.2) is 0 Å². The van der Waals surface area contributed by atoms with Crippen molar-refractivity contribution in [2.45, 2.75) is 32.1 Å². The number of aromatic nitrogens is 2. The van der Waals surface area contributed by atoms with Crippen molar-refractivity contribution in [3.8, 4) is 33.6 Å². The van der Waals surface area contributed by atoms with Gasteiger partial charge >= 0.3 is 0 Å². The minimum atomic E-state index is -0.148. The van der Waals surface area contributed by atoms with Crippen LogP contribution in [0.1, 0.15) is 42.7 Å². The standard InChI is InChI=1S/C45H34N2/c1-45(2)38-18-10-12-20-43(38)47-40-19-11-9-17-34(40)37-27-33(28-39(45)44(37)47)46-41-23-21-31(29-13-5-3-6-14-29)25-35(41)36-26-32(22-24-42(36)46)30-15-7-4-8-16-30/h3-8,10-16,18-28H,9,17H2,1-2H3. The summed E-state index contributed by atoms with van der Waals surface area (Å²) in [7, 11) is 0. The molecule has 0 bridgehead atoms. The number of benzene rings is 6. The number of para-hydroxylation sites is 1. The van der Waals surface area contributed by atoms with Gasteiger partial charge in [-0.05, 0) is 100 Å². The Morgan fingerprint density at radius 1 is 0.532 bits per heavy atom. The Morgan fingerprint density at radius 3 is 1.81 bits per heavy atom. The first-order valence-electron chi connectivity index (χ1n) is 16.8. The molecule has 0 fully saturated rings. The van der Waals surface area contributed by atoms with E-state index in [4.69, 9.17) is 0 Å². The predicted molar refractivity (Wildman–Crippen MR) is 198 cm³/mol. The third-order valence-corrected chi connectivity index (χ3v) is 10.8. The molecule has 0 spiro atoms. The number of hydrogen-bond acceptors (Lipinski definition) is 0. The number of fused-ring (bicyclic) bond motifs is 8. The molecular weight excluding hydrogens is 569 g/mol. The lowest BCUT2D eigenvalue weighted by atomic mass is 9.74. The fourth-order valence-electron chi connectivity index (χ4n) is 8.46. The molecule has 224 valence electrons. The maximum absolute atomic E-state index is 2.55. The molecule has 0 atom stereocenters. The lowest BCUT2D eigenvalue weighted by Crippen LogP contribution is -2.26. The average molecular weight is 603 g/mol. The molecule has 0 radical (unpaired) electrons. The van der Waals surface area contributed by atoms with E-state index in [1.807, 2.05) is 0 Å². The van der Waals surface area contributed by atoms with Crippen LogP contribution in [0.4, 0.5) is 0 Å². The second kappa shape index (κ2) is 9.70. The zero-order valence-corrected chi connectivity index (χ0v) is 26.7. The summed E-state index contributed by atoms with van der Waals surface area (Å²) >= 11 is 0. The van der Waals surface area contributed by atoms with Crippen LogP contribution in [0.2, 0.25) is 0 Å². The minimum Gasteiger partial charge on any atom is -0.309 e. The summed E-state index contributed by atoms with van der Waals surface area (Å²) in [4.78, 5) is 0. The Bertz CT molecular complexity index is 2480. The first-order chi connectivity index (χ1) is 23.1. The predicted octanol–water partition coefficient (Wildman–Crippen LogP) is 11.7. The summed E-state index contributed by atoms with van der Waals surface area (Å²) < 4.78 is 5.06. The molecule has 0 amide bonds. The lowest BCUT2D eigenvalue weighted by Gasteiger charge is -2.35. The average Bonchev–Trinajstić information content (AvgIpc) is 3.64. The van der Waals surface area contributed by atoms with Gasteiger partial charge in [-0.15, -0.1) is 0 Å². The molecule has 0 saturated carbocycles. The fourth-order valence-corrected chi connectivity index (χ4v) is 8.46. The van der Waals surface area contributed by atoms with Crippen LogP contribution in [0, 0.1) is 0 Å². The van der Waals surface area contributed by atoms with Gasteiger partial charge in [0.05, 0.1) is 22.2 Å². The van der Waals surface area contributed by atoms with E-state index in [1.54, 1.807) is 0 Å². The maximum atomic E-state index is 2.55. The summed E-state index contributed by atoms with van der Waals surface area (Å²) in [6, 6.07) is 49.5. The number of aryl methyl sites for hydroxylation is 1. The van der Waals surface area contributed by atoms with Gasteiger partial charge in [0.25, 0.3) is 0 Å². The summed E-state index contributed by atoms with van der Waals surface area (Å²) in [5.41, 5.74) is 16.8. The Morgan fingerprint density at radius 2 is 1.15 bits per heavy atom. The topological polar surface area (TPSA) is 9.86 Å². The highest BCUT2D eigenvalue weighted by atomic mass is 15.0. The molecule has 47 heavy (non-hydrogen) atoms. The molecule has 8 aromatic rings. The number of nitrogens with zero attached hydrogens (tertiary/aromatic N) is 2. The summed E-state index contributed by atoms with van der Waals surface area (Å²) in [6.45, 7) is 4.81. The van der Waals surface area contributed by atoms with Crippen LogP contribution in [0.15, 0.2) is 140 Å². The zero-order chi connectivity index (χ0) is 31.3. The second-order valence-corrected chi connectivity index (χ2v) is 13.7. The van der Waals surface area contributed by atoms with Gasteiger partial charge in [0.1, 0.15) is 0 Å². The van der Waals surface area contributed by atoms with E-state index in [9.17, 15) is 0 Å². The van der Waals surface area contributed by atoms with E-state index in [0.29, 0.717) is 0 Å². The molecule has 1 aliphatic heterocycles. The van der Waals surface area contributed by atoms with Gasteiger partial charge < -0.3 is 9.13 Å². The molecular formula is C45H34N2. The molecule has 10 rings (SSSR count). The van der Waals surface area contributed by atoms with Crippen LogP contribution in [0.3, 0.4) is 0 Å². The molecule has 6 aromatic carbocycles. The highest BCUT2D eigenvalue weighted by Gasteiger charge is 2.37. The van der Waals surface area contributed by atoms with Gasteiger partial charge in [-0.2, -0.15) is 0 Å². The maximum Gasteiger partial charge on any atom is 0.0580 e. The molecule has 2 aliphatic rings. The van der Waals surface area contributed by atoms with Crippen molar-refractivity contribution in [2.24, 2.45) is 0 Å². The highest BCUT2D eigenvalue weighted by molar-refractivity contribution is 6.12. The molecule has 3 heterocycles. The van der Waals surface area contributed by atoms with Gasteiger partial charge in [-0.3, -0.25) is 0 Å². The number of rotatable bonds is 3. The third-order valence-electron chi connectivity index (χ3n) is 10.8.